The number of likely N-dealkylation sites (tertiary alicyclic amines) is 1. The highest BCUT2D eigenvalue weighted by Crippen LogP contribution is 2.24. The van der Waals surface area contributed by atoms with E-state index in [1.54, 1.807) is 11.0 Å². The van der Waals surface area contributed by atoms with E-state index in [4.69, 9.17) is 4.74 Å². The zero-order valence-corrected chi connectivity index (χ0v) is 16.5. The minimum Gasteiger partial charge on any atom is -0.453 e. The number of carbonyl (C=O) groups is 2. The minimum atomic E-state index is -0.366. The lowest BCUT2D eigenvalue weighted by Gasteiger charge is -2.36. The van der Waals surface area contributed by atoms with Gasteiger partial charge in [-0.3, -0.25) is 0 Å². The number of benzene rings is 1. The zero-order valence-electron chi connectivity index (χ0n) is 16.5. The van der Waals surface area contributed by atoms with Crippen molar-refractivity contribution in [2.24, 2.45) is 0 Å². The van der Waals surface area contributed by atoms with Crippen LogP contribution in [0, 0.1) is 12.7 Å². The lowest BCUT2D eigenvalue weighted by atomic mass is 10.0. The smallest absolute Gasteiger partial charge is 0.409 e. The number of carbonyl (C=O) groups excluding carboxylic acids is 2. The highest BCUT2D eigenvalue weighted by atomic mass is 19.1. The molecule has 0 saturated carbocycles. The van der Waals surface area contributed by atoms with Gasteiger partial charge in [-0.1, -0.05) is 6.07 Å². The second-order valence-corrected chi connectivity index (χ2v) is 7.61. The molecule has 2 saturated heterocycles. The lowest BCUT2D eigenvalue weighted by Crippen LogP contribution is -2.55. The summed E-state index contributed by atoms with van der Waals surface area (Å²) in [5.41, 5.74) is 1.60. The van der Waals surface area contributed by atoms with Crippen LogP contribution in [0.4, 0.5) is 19.7 Å². The largest absolute Gasteiger partial charge is 0.453 e. The summed E-state index contributed by atoms with van der Waals surface area (Å²) in [5.74, 6) is -0.235. The number of rotatable bonds is 3. The molecule has 2 aliphatic heterocycles. The van der Waals surface area contributed by atoms with Crippen LogP contribution in [0.3, 0.4) is 0 Å². The number of halogens is 1. The molecular weight excluding hydrogens is 363 g/mol. The van der Waals surface area contributed by atoms with Gasteiger partial charge in [0.15, 0.2) is 0 Å². The van der Waals surface area contributed by atoms with Gasteiger partial charge in [0.1, 0.15) is 5.82 Å². The Labute approximate surface area is 165 Å². The number of amides is 3. The average Bonchev–Trinajstić information content (AvgIpc) is 2.69. The summed E-state index contributed by atoms with van der Waals surface area (Å²) >= 11 is 0. The van der Waals surface area contributed by atoms with E-state index in [0.717, 1.165) is 37.8 Å². The fourth-order valence-electron chi connectivity index (χ4n) is 3.98. The first-order valence-electron chi connectivity index (χ1n) is 9.87. The number of ether oxygens (including phenoxy) is 1. The normalized spacial score (nSPS) is 22.5. The van der Waals surface area contributed by atoms with Gasteiger partial charge in [-0.15, -0.1) is 0 Å². The van der Waals surface area contributed by atoms with Crippen molar-refractivity contribution >= 4 is 17.8 Å². The molecule has 7 nitrogen and oxygen atoms in total. The molecule has 2 aliphatic rings. The molecule has 154 valence electrons. The van der Waals surface area contributed by atoms with Crippen LogP contribution in [-0.4, -0.2) is 62.4 Å². The standard InChI is InChI=1S/C20H29FN4O3/c1-14-7-8-17(21)18(11-14)24-9-3-5-15(12-24)22-19(26)23-16-6-4-10-25(13-16)20(27)28-2/h7-8,11,15-16H,3-6,9-10,12-13H2,1-2H3,(H2,22,23,26). The molecule has 3 amide bonds. The van der Waals surface area contributed by atoms with Gasteiger partial charge < -0.3 is 25.2 Å². The SMILES string of the molecule is COC(=O)N1CCCC(NC(=O)NC2CCCN(c3cc(C)ccc3F)C2)C1. The molecule has 2 N–H and O–H groups in total. The van der Waals surface area contributed by atoms with E-state index in [1.807, 2.05) is 17.9 Å². The fourth-order valence-corrected chi connectivity index (χ4v) is 3.98. The van der Waals surface area contributed by atoms with Crippen LogP contribution in [0.1, 0.15) is 31.2 Å². The van der Waals surface area contributed by atoms with Crippen LogP contribution in [0.15, 0.2) is 18.2 Å². The Bertz CT molecular complexity index is 715. The van der Waals surface area contributed by atoms with Gasteiger partial charge in [0, 0.05) is 38.3 Å². The summed E-state index contributed by atoms with van der Waals surface area (Å²) in [6, 6.07) is 4.71. The molecule has 3 rings (SSSR count). The summed E-state index contributed by atoms with van der Waals surface area (Å²) in [6.45, 7) is 4.39. The second kappa shape index (κ2) is 9.12. The molecule has 8 heteroatoms. The zero-order chi connectivity index (χ0) is 20.1. The summed E-state index contributed by atoms with van der Waals surface area (Å²) < 4.78 is 19.0. The molecule has 0 aromatic heterocycles. The van der Waals surface area contributed by atoms with E-state index >= 15 is 0 Å². The Morgan fingerprint density at radius 1 is 1.11 bits per heavy atom. The summed E-state index contributed by atoms with van der Waals surface area (Å²) in [7, 11) is 1.36. The van der Waals surface area contributed by atoms with E-state index in [2.05, 4.69) is 10.6 Å². The van der Waals surface area contributed by atoms with E-state index in [9.17, 15) is 14.0 Å². The number of nitrogens with zero attached hydrogens (tertiary/aromatic N) is 2. The van der Waals surface area contributed by atoms with Gasteiger partial charge in [0.2, 0.25) is 0 Å². The maximum absolute atomic E-state index is 14.2. The monoisotopic (exact) mass is 392 g/mol. The third-order valence-electron chi connectivity index (χ3n) is 5.39. The van der Waals surface area contributed by atoms with Crippen LogP contribution in [0.5, 0.6) is 0 Å². The lowest BCUT2D eigenvalue weighted by molar-refractivity contribution is 0.108. The molecule has 1 aromatic carbocycles. The maximum Gasteiger partial charge on any atom is 0.409 e. The van der Waals surface area contributed by atoms with Crippen molar-refractivity contribution < 1.29 is 18.7 Å². The van der Waals surface area contributed by atoms with Crippen LogP contribution in [0.2, 0.25) is 0 Å². The van der Waals surface area contributed by atoms with Crippen molar-refractivity contribution in [3.05, 3.63) is 29.6 Å². The van der Waals surface area contributed by atoms with Gasteiger partial charge >= 0.3 is 12.1 Å². The first-order valence-corrected chi connectivity index (χ1v) is 9.87. The van der Waals surface area contributed by atoms with Crippen molar-refractivity contribution in [3.63, 3.8) is 0 Å². The van der Waals surface area contributed by atoms with Gasteiger partial charge in [0.25, 0.3) is 0 Å². The van der Waals surface area contributed by atoms with Crippen LogP contribution in [-0.2, 0) is 4.74 Å². The Balaban J connectivity index is 1.52. The number of hydrogen-bond acceptors (Lipinski definition) is 4. The van der Waals surface area contributed by atoms with Crippen molar-refractivity contribution in [2.45, 2.75) is 44.7 Å². The molecule has 2 fully saturated rings. The second-order valence-electron chi connectivity index (χ2n) is 7.61. The molecule has 0 radical (unpaired) electrons. The number of urea groups is 1. The Morgan fingerprint density at radius 3 is 2.50 bits per heavy atom. The first-order chi connectivity index (χ1) is 13.5. The van der Waals surface area contributed by atoms with Crippen LogP contribution >= 0.6 is 0 Å². The molecule has 0 aliphatic carbocycles. The Morgan fingerprint density at radius 2 is 1.79 bits per heavy atom. The van der Waals surface area contributed by atoms with E-state index in [1.165, 1.54) is 13.2 Å². The Hall–Kier alpha value is -2.51. The molecule has 2 atom stereocenters. The molecular formula is C20H29FN4O3. The number of piperidine rings is 2. The van der Waals surface area contributed by atoms with Gasteiger partial charge in [0.05, 0.1) is 12.8 Å². The van der Waals surface area contributed by atoms with Crippen molar-refractivity contribution in [1.82, 2.24) is 15.5 Å². The highest BCUT2D eigenvalue weighted by Gasteiger charge is 2.27. The predicted octanol–water partition coefficient (Wildman–Crippen LogP) is 2.63. The molecule has 0 bridgehead atoms. The quantitative estimate of drug-likeness (QED) is 0.829. The van der Waals surface area contributed by atoms with Gasteiger partial charge in [-0.05, 0) is 50.3 Å². The number of methoxy groups -OCH3 is 1. The third-order valence-corrected chi connectivity index (χ3v) is 5.39. The molecule has 0 spiro atoms. The van der Waals surface area contributed by atoms with E-state index < -0.39 is 0 Å². The van der Waals surface area contributed by atoms with E-state index in [0.29, 0.717) is 25.3 Å². The van der Waals surface area contributed by atoms with Crippen molar-refractivity contribution in [3.8, 4) is 0 Å². The number of aryl methyl sites for hydroxylation is 1. The van der Waals surface area contributed by atoms with Gasteiger partial charge in [-0.25, -0.2) is 14.0 Å². The van der Waals surface area contributed by atoms with E-state index in [-0.39, 0.29) is 30.0 Å². The minimum absolute atomic E-state index is 0.0473. The number of anilines is 1. The Kier molecular flexibility index (Phi) is 6.59. The topological polar surface area (TPSA) is 73.9 Å². The molecule has 28 heavy (non-hydrogen) atoms. The molecule has 1 aromatic rings. The molecule has 2 heterocycles. The highest BCUT2D eigenvalue weighted by molar-refractivity contribution is 5.75. The third kappa shape index (κ3) is 5.05. The fraction of sp³-hybridized carbons (Fsp3) is 0.600. The first kappa shape index (κ1) is 20.2. The van der Waals surface area contributed by atoms with Crippen molar-refractivity contribution in [1.29, 1.82) is 0 Å². The number of nitrogens with one attached hydrogen (secondary N) is 2. The maximum atomic E-state index is 14.2. The molecule has 2 unspecified atom stereocenters. The summed E-state index contributed by atoms with van der Waals surface area (Å²) in [6.07, 6.45) is 3.03. The predicted molar refractivity (Wildman–Crippen MR) is 105 cm³/mol. The van der Waals surface area contributed by atoms with Crippen LogP contribution in [0.25, 0.3) is 0 Å². The summed E-state index contributed by atoms with van der Waals surface area (Å²) in [5, 5.41) is 5.97. The van der Waals surface area contributed by atoms with Crippen LogP contribution < -0.4 is 15.5 Å². The van der Waals surface area contributed by atoms with Gasteiger partial charge in [-0.2, -0.15) is 0 Å². The average molecular weight is 392 g/mol. The van der Waals surface area contributed by atoms with Crippen molar-refractivity contribution in [2.75, 3.05) is 38.2 Å². The number of hydrogen-bond donors (Lipinski definition) is 2. The summed E-state index contributed by atoms with van der Waals surface area (Å²) in [4.78, 5) is 27.7.